The summed E-state index contributed by atoms with van der Waals surface area (Å²) in [5, 5.41) is 14.2. The summed E-state index contributed by atoms with van der Waals surface area (Å²) >= 11 is 5.78. The Morgan fingerprint density at radius 3 is 2.73 bits per heavy atom. The molecule has 1 N–H and O–H groups in total. The molecule has 0 heterocycles. The highest BCUT2D eigenvalue weighted by atomic mass is 35.5. The molecule has 0 aliphatic rings. The highest BCUT2D eigenvalue weighted by molar-refractivity contribution is 6.30. The summed E-state index contributed by atoms with van der Waals surface area (Å²) in [4.78, 5) is 10.3. The van der Waals surface area contributed by atoms with Crippen molar-refractivity contribution in [3.05, 3.63) is 39.4 Å². The van der Waals surface area contributed by atoms with E-state index in [-0.39, 0.29) is 11.5 Å². The van der Waals surface area contributed by atoms with E-state index >= 15 is 0 Å². The minimum Gasteiger partial charge on any atom is -0.378 e. The number of nitrogens with one attached hydrogen (secondary N) is 1. The van der Waals surface area contributed by atoms with Crippen LogP contribution in [0, 0.1) is 10.1 Å². The summed E-state index contributed by atoms with van der Waals surface area (Å²) in [6.07, 6.45) is 0. The van der Waals surface area contributed by atoms with Gasteiger partial charge in [0.15, 0.2) is 0 Å². The lowest BCUT2D eigenvalue weighted by Gasteiger charge is -2.16. The zero-order valence-corrected chi connectivity index (χ0v) is 9.41. The third-order valence-corrected chi connectivity index (χ3v) is 2.28. The molecule has 1 rings (SSSR count). The molecule has 1 aromatic carbocycles. The van der Waals surface area contributed by atoms with Gasteiger partial charge in [-0.1, -0.05) is 17.7 Å². The number of anilines is 1. The van der Waals surface area contributed by atoms with E-state index < -0.39 is 5.54 Å². The van der Waals surface area contributed by atoms with Gasteiger partial charge >= 0.3 is 0 Å². The average Bonchev–Trinajstić information content (AvgIpc) is 2.15. The summed E-state index contributed by atoms with van der Waals surface area (Å²) in [6.45, 7) is 3.41. The van der Waals surface area contributed by atoms with Crippen LogP contribution in [0.3, 0.4) is 0 Å². The van der Waals surface area contributed by atoms with Gasteiger partial charge in [0.2, 0.25) is 5.54 Å². The highest BCUT2D eigenvalue weighted by Gasteiger charge is 2.30. The van der Waals surface area contributed by atoms with E-state index in [1.807, 2.05) is 6.07 Å². The van der Waals surface area contributed by atoms with Gasteiger partial charge in [0.25, 0.3) is 0 Å². The van der Waals surface area contributed by atoms with Crippen molar-refractivity contribution in [2.45, 2.75) is 19.4 Å². The number of rotatable bonds is 4. The third kappa shape index (κ3) is 3.40. The van der Waals surface area contributed by atoms with Crippen LogP contribution < -0.4 is 5.32 Å². The lowest BCUT2D eigenvalue weighted by Crippen LogP contribution is -2.38. The van der Waals surface area contributed by atoms with Gasteiger partial charge in [0, 0.05) is 29.5 Å². The number of hydrogen-bond donors (Lipinski definition) is 1. The molecule has 0 atom stereocenters. The summed E-state index contributed by atoms with van der Waals surface area (Å²) in [5.41, 5.74) is -0.195. The number of hydrogen-bond acceptors (Lipinski definition) is 3. The lowest BCUT2D eigenvalue weighted by atomic mass is 10.1. The lowest BCUT2D eigenvalue weighted by molar-refractivity contribution is -0.556. The SMILES string of the molecule is CC(C)(CNc1cccc(Cl)c1)[N+](=O)[O-]. The Kier molecular flexibility index (Phi) is 3.52. The van der Waals surface area contributed by atoms with Crippen molar-refractivity contribution in [1.29, 1.82) is 0 Å². The molecule has 0 unspecified atom stereocenters. The largest absolute Gasteiger partial charge is 0.378 e. The molecule has 0 aliphatic heterocycles. The van der Waals surface area contributed by atoms with Crippen molar-refractivity contribution in [1.82, 2.24) is 0 Å². The van der Waals surface area contributed by atoms with Crippen LogP contribution in [0.1, 0.15) is 13.8 Å². The maximum absolute atomic E-state index is 10.6. The normalized spacial score (nSPS) is 11.1. The number of nitrogens with zero attached hydrogens (tertiary/aromatic N) is 1. The van der Waals surface area contributed by atoms with Gasteiger partial charge in [-0.15, -0.1) is 0 Å². The Morgan fingerprint density at radius 1 is 1.53 bits per heavy atom. The molecule has 0 fully saturated rings. The fourth-order valence-corrected chi connectivity index (χ4v) is 1.17. The van der Waals surface area contributed by atoms with Gasteiger partial charge < -0.3 is 5.32 Å². The van der Waals surface area contributed by atoms with E-state index in [4.69, 9.17) is 11.6 Å². The molecule has 15 heavy (non-hydrogen) atoms. The van der Waals surface area contributed by atoms with Crippen LogP contribution in [0.25, 0.3) is 0 Å². The summed E-state index contributed by atoms with van der Waals surface area (Å²) in [7, 11) is 0. The molecule has 0 aromatic heterocycles. The first kappa shape index (κ1) is 11.8. The first-order valence-corrected chi connectivity index (χ1v) is 4.93. The van der Waals surface area contributed by atoms with E-state index in [1.165, 1.54) is 0 Å². The second-order valence-electron chi connectivity index (χ2n) is 3.93. The number of nitro groups is 1. The van der Waals surface area contributed by atoms with Crippen molar-refractivity contribution in [3.8, 4) is 0 Å². The second-order valence-corrected chi connectivity index (χ2v) is 4.37. The number of halogens is 1. The summed E-state index contributed by atoms with van der Waals surface area (Å²) in [5.74, 6) is 0. The molecular weight excluding hydrogens is 216 g/mol. The van der Waals surface area contributed by atoms with Crippen molar-refractivity contribution < 1.29 is 4.92 Å². The van der Waals surface area contributed by atoms with Crippen LogP contribution in [-0.2, 0) is 0 Å². The van der Waals surface area contributed by atoms with E-state index in [0.717, 1.165) is 5.69 Å². The monoisotopic (exact) mass is 228 g/mol. The third-order valence-electron chi connectivity index (χ3n) is 2.04. The van der Waals surface area contributed by atoms with Crippen molar-refractivity contribution in [2.75, 3.05) is 11.9 Å². The molecule has 0 radical (unpaired) electrons. The van der Waals surface area contributed by atoms with E-state index in [0.29, 0.717) is 5.02 Å². The van der Waals surface area contributed by atoms with E-state index in [1.54, 1.807) is 32.0 Å². The Bertz CT molecular complexity index is 366. The highest BCUT2D eigenvalue weighted by Crippen LogP contribution is 2.16. The standard InChI is InChI=1S/C10H13ClN2O2/c1-10(2,13(14)15)7-12-9-5-3-4-8(11)6-9/h3-6,12H,7H2,1-2H3. The molecule has 0 spiro atoms. The van der Waals surface area contributed by atoms with Gasteiger partial charge in [0.1, 0.15) is 0 Å². The van der Waals surface area contributed by atoms with Crippen LogP contribution in [0.5, 0.6) is 0 Å². The molecular formula is C10H13ClN2O2. The van der Waals surface area contributed by atoms with Crippen molar-refractivity contribution >= 4 is 17.3 Å². The molecule has 0 amide bonds. The van der Waals surface area contributed by atoms with E-state index in [9.17, 15) is 10.1 Å². The van der Waals surface area contributed by atoms with Crippen molar-refractivity contribution in [3.63, 3.8) is 0 Å². The van der Waals surface area contributed by atoms with Crippen LogP contribution in [0.15, 0.2) is 24.3 Å². The molecule has 0 bridgehead atoms. The molecule has 0 aliphatic carbocycles. The smallest absolute Gasteiger partial charge is 0.233 e. The predicted octanol–water partition coefficient (Wildman–Crippen LogP) is 2.81. The Hall–Kier alpha value is -1.29. The van der Waals surface area contributed by atoms with Crippen molar-refractivity contribution in [2.24, 2.45) is 0 Å². The Morgan fingerprint density at radius 2 is 2.20 bits per heavy atom. The van der Waals surface area contributed by atoms with E-state index in [2.05, 4.69) is 5.32 Å². The maximum atomic E-state index is 10.6. The summed E-state index contributed by atoms with van der Waals surface area (Å²) < 4.78 is 0. The fraction of sp³-hybridized carbons (Fsp3) is 0.400. The zero-order valence-electron chi connectivity index (χ0n) is 8.66. The zero-order chi connectivity index (χ0) is 11.5. The molecule has 4 nitrogen and oxygen atoms in total. The number of benzene rings is 1. The van der Waals surface area contributed by atoms with Gasteiger partial charge in [-0.05, 0) is 18.2 Å². The molecule has 1 aromatic rings. The van der Waals surface area contributed by atoms with Gasteiger partial charge in [-0.2, -0.15) is 0 Å². The van der Waals surface area contributed by atoms with Crippen LogP contribution in [-0.4, -0.2) is 17.0 Å². The first-order valence-electron chi connectivity index (χ1n) is 4.56. The van der Waals surface area contributed by atoms with Gasteiger partial charge in [-0.25, -0.2) is 0 Å². The quantitative estimate of drug-likeness (QED) is 0.637. The minimum atomic E-state index is -0.984. The van der Waals surface area contributed by atoms with Gasteiger partial charge in [-0.3, -0.25) is 10.1 Å². The minimum absolute atomic E-state index is 0.264. The summed E-state index contributed by atoms with van der Waals surface area (Å²) in [6, 6.07) is 7.11. The van der Waals surface area contributed by atoms with Crippen LogP contribution >= 0.6 is 11.6 Å². The molecule has 82 valence electrons. The van der Waals surface area contributed by atoms with Crippen LogP contribution in [0.2, 0.25) is 5.02 Å². The molecule has 0 saturated heterocycles. The Labute approximate surface area is 93.4 Å². The first-order chi connectivity index (χ1) is 6.92. The second kappa shape index (κ2) is 4.49. The predicted molar refractivity (Wildman–Crippen MR) is 61.0 cm³/mol. The Balaban J connectivity index is 2.61. The maximum Gasteiger partial charge on any atom is 0.233 e. The van der Waals surface area contributed by atoms with Crippen LogP contribution in [0.4, 0.5) is 5.69 Å². The fourth-order valence-electron chi connectivity index (χ4n) is 0.981. The average molecular weight is 229 g/mol. The molecule has 0 saturated carbocycles. The van der Waals surface area contributed by atoms with Gasteiger partial charge in [0.05, 0.1) is 6.54 Å². The molecule has 5 heteroatoms. The topological polar surface area (TPSA) is 55.2 Å².